The van der Waals surface area contributed by atoms with Gasteiger partial charge in [-0.25, -0.2) is 0 Å². The maximum Gasteiger partial charge on any atom is 0.269 e. The van der Waals surface area contributed by atoms with Gasteiger partial charge in [-0.1, -0.05) is 11.6 Å². The molecule has 2 aromatic carbocycles. The lowest BCUT2D eigenvalue weighted by Crippen LogP contribution is -2.28. The average molecular weight is 483 g/mol. The maximum atomic E-state index is 13.1. The topological polar surface area (TPSA) is 122 Å². The highest BCUT2D eigenvalue weighted by Gasteiger charge is 2.34. The molecule has 33 heavy (non-hydrogen) atoms. The van der Waals surface area contributed by atoms with E-state index < -0.39 is 4.92 Å². The van der Waals surface area contributed by atoms with Gasteiger partial charge in [0.25, 0.3) is 11.6 Å². The highest BCUT2D eigenvalue weighted by molar-refractivity contribution is 8.18. The second kappa shape index (κ2) is 9.72. The van der Waals surface area contributed by atoms with Gasteiger partial charge in [-0.05, 0) is 65.9 Å². The van der Waals surface area contributed by atoms with Crippen molar-refractivity contribution in [3.8, 4) is 5.75 Å². The van der Waals surface area contributed by atoms with Crippen LogP contribution in [0.25, 0.3) is 6.08 Å². The van der Waals surface area contributed by atoms with Crippen LogP contribution < -0.4 is 0 Å². The van der Waals surface area contributed by atoms with Crippen molar-refractivity contribution in [1.82, 2.24) is 4.90 Å². The van der Waals surface area contributed by atoms with Gasteiger partial charge in [0, 0.05) is 22.7 Å². The van der Waals surface area contributed by atoms with Crippen molar-refractivity contribution >= 4 is 52.4 Å². The number of amides is 1. The van der Waals surface area contributed by atoms with Crippen LogP contribution in [0.4, 0.5) is 5.69 Å². The molecule has 0 unspecified atom stereocenters. The minimum Gasteiger partial charge on any atom is -0.507 e. The van der Waals surface area contributed by atoms with Gasteiger partial charge >= 0.3 is 0 Å². The number of furan rings is 1. The van der Waals surface area contributed by atoms with Crippen molar-refractivity contribution in [2.45, 2.75) is 6.54 Å². The molecule has 1 fully saturated rings. The number of amidine groups is 1. The summed E-state index contributed by atoms with van der Waals surface area (Å²) in [5, 5.41) is 29.7. The number of carbonyl (C=O) groups excluding carboxylic acids is 1. The van der Waals surface area contributed by atoms with Gasteiger partial charge in [-0.3, -0.25) is 19.8 Å². The van der Waals surface area contributed by atoms with Crippen molar-refractivity contribution in [1.29, 1.82) is 0 Å². The lowest BCUT2D eigenvalue weighted by molar-refractivity contribution is -0.384. The average Bonchev–Trinajstić information content (AvgIpc) is 3.41. The zero-order valence-electron chi connectivity index (χ0n) is 16.8. The second-order valence-electron chi connectivity index (χ2n) is 6.76. The Bertz CT molecular complexity index is 1290. The number of benzene rings is 2. The highest BCUT2D eigenvalue weighted by Crippen LogP contribution is 2.34. The zero-order valence-corrected chi connectivity index (χ0v) is 18.4. The molecule has 1 aromatic heterocycles. The molecule has 11 heteroatoms. The number of non-ortho nitro benzene ring substituents is 1. The smallest absolute Gasteiger partial charge is 0.269 e. The van der Waals surface area contributed by atoms with Crippen LogP contribution in [-0.4, -0.2) is 32.2 Å². The van der Waals surface area contributed by atoms with E-state index in [-0.39, 0.29) is 23.9 Å². The standard InChI is InChI=1S/C22H15ClN4O5S/c23-16-5-8-19(28)15(11-16)12-24-25-22-26(13-18-2-1-9-32-18)21(29)20(33-22)10-14-3-6-17(7-4-14)27(30)31/h1-12,28H,13H2/b20-10-,24-12-,25-22+. The molecule has 1 amide bonds. The number of rotatable bonds is 6. The van der Waals surface area contributed by atoms with E-state index in [1.807, 2.05) is 0 Å². The Morgan fingerprint density at radius 2 is 2.00 bits per heavy atom. The van der Waals surface area contributed by atoms with E-state index in [2.05, 4.69) is 10.2 Å². The quantitative estimate of drug-likeness (QED) is 0.227. The summed E-state index contributed by atoms with van der Waals surface area (Å²) >= 11 is 7.05. The molecule has 9 nitrogen and oxygen atoms in total. The number of phenolic OH excluding ortho intramolecular Hbond substituents is 1. The fourth-order valence-corrected chi connectivity index (χ4v) is 4.01. The van der Waals surface area contributed by atoms with E-state index in [9.17, 15) is 20.0 Å². The predicted octanol–water partition coefficient (Wildman–Crippen LogP) is 5.05. The Labute approximate surface area is 196 Å². The Morgan fingerprint density at radius 3 is 2.70 bits per heavy atom. The molecule has 1 saturated heterocycles. The summed E-state index contributed by atoms with van der Waals surface area (Å²) in [5.41, 5.74) is 0.964. The van der Waals surface area contributed by atoms with E-state index in [0.717, 1.165) is 11.8 Å². The molecule has 0 aliphatic carbocycles. The first-order valence-corrected chi connectivity index (χ1v) is 10.7. The first kappa shape index (κ1) is 22.3. The number of hydrogen-bond acceptors (Lipinski definition) is 8. The number of aromatic hydroxyl groups is 1. The molecule has 0 spiro atoms. The minimum atomic E-state index is -0.488. The van der Waals surface area contributed by atoms with Gasteiger partial charge in [-0.15, -0.1) is 5.10 Å². The molecule has 0 bridgehead atoms. The van der Waals surface area contributed by atoms with Crippen molar-refractivity contribution in [3.05, 3.63) is 97.8 Å². The summed E-state index contributed by atoms with van der Waals surface area (Å²) in [6, 6.07) is 13.8. The van der Waals surface area contributed by atoms with Crippen LogP contribution in [0.15, 0.2) is 80.4 Å². The van der Waals surface area contributed by atoms with Gasteiger partial charge in [-0.2, -0.15) is 5.10 Å². The lowest BCUT2D eigenvalue weighted by atomic mass is 10.2. The summed E-state index contributed by atoms with van der Waals surface area (Å²) in [6.07, 6.45) is 4.47. The van der Waals surface area contributed by atoms with Crippen molar-refractivity contribution in [3.63, 3.8) is 0 Å². The van der Waals surface area contributed by atoms with Gasteiger partial charge in [0.1, 0.15) is 11.5 Å². The minimum absolute atomic E-state index is 0.00954. The summed E-state index contributed by atoms with van der Waals surface area (Å²) in [4.78, 5) is 25.2. The third-order valence-electron chi connectivity index (χ3n) is 4.51. The normalized spacial score (nSPS) is 16.4. The van der Waals surface area contributed by atoms with Crippen molar-refractivity contribution in [2.75, 3.05) is 0 Å². The van der Waals surface area contributed by atoms with E-state index in [1.165, 1.54) is 41.6 Å². The maximum absolute atomic E-state index is 13.1. The van der Waals surface area contributed by atoms with Crippen LogP contribution in [0.5, 0.6) is 5.75 Å². The third-order valence-corrected chi connectivity index (χ3v) is 5.75. The monoisotopic (exact) mass is 482 g/mol. The number of phenols is 1. The van der Waals surface area contributed by atoms with Crippen molar-refractivity contribution < 1.29 is 19.2 Å². The third kappa shape index (κ3) is 5.30. The molecular weight excluding hydrogens is 468 g/mol. The first-order valence-electron chi connectivity index (χ1n) is 9.48. The largest absolute Gasteiger partial charge is 0.507 e. The molecule has 2 heterocycles. The predicted molar refractivity (Wildman–Crippen MR) is 126 cm³/mol. The zero-order chi connectivity index (χ0) is 23.4. The Kier molecular flexibility index (Phi) is 6.57. The summed E-state index contributed by atoms with van der Waals surface area (Å²) in [7, 11) is 0. The number of nitrogens with zero attached hydrogens (tertiary/aromatic N) is 4. The number of hydrogen-bond donors (Lipinski definition) is 1. The second-order valence-corrected chi connectivity index (χ2v) is 8.21. The first-order chi connectivity index (χ1) is 15.9. The molecule has 1 N–H and O–H groups in total. The van der Waals surface area contributed by atoms with Crippen LogP contribution in [0.1, 0.15) is 16.9 Å². The molecule has 1 aliphatic rings. The van der Waals surface area contributed by atoms with Crippen molar-refractivity contribution in [2.24, 2.45) is 10.2 Å². The van der Waals surface area contributed by atoms with Gasteiger partial charge in [0.15, 0.2) is 5.17 Å². The molecule has 0 atom stereocenters. The number of halogens is 1. The lowest BCUT2D eigenvalue weighted by Gasteiger charge is -2.12. The van der Waals surface area contributed by atoms with Crippen LogP contribution in [-0.2, 0) is 11.3 Å². The molecule has 166 valence electrons. The van der Waals surface area contributed by atoms with E-state index in [0.29, 0.717) is 32.0 Å². The fraction of sp³-hybridized carbons (Fsp3) is 0.0455. The molecule has 0 radical (unpaired) electrons. The molecule has 0 saturated carbocycles. The number of carbonyl (C=O) groups is 1. The Balaban J connectivity index is 1.62. The fourth-order valence-electron chi connectivity index (χ4n) is 2.89. The number of thioether (sulfide) groups is 1. The van der Waals surface area contributed by atoms with Crippen LogP contribution in [0.3, 0.4) is 0 Å². The van der Waals surface area contributed by atoms with Crippen LogP contribution >= 0.6 is 23.4 Å². The van der Waals surface area contributed by atoms with Crippen LogP contribution in [0.2, 0.25) is 5.02 Å². The molecule has 1 aliphatic heterocycles. The molecule has 3 aromatic rings. The molecular formula is C22H15ClN4O5S. The van der Waals surface area contributed by atoms with Gasteiger partial charge < -0.3 is 9.52 Å². The SMILES string of the molecule is O=C1/C(=C/c2ccc([N+](=O)[O-])cc2)S/C(=N/N=C\c2cc(Cl)ccc2O)N1Cc1ccco1. The van der Waals surface area contributed by atoms with Crippen LogP contribution in [0, 0.1) is 10.1 Å². The van der Waals surface area contributed by atoms with Gasteiger partial charge in [0.2, 0.25) is 0 Å². The molecule has 4 rings (SSSR count). The summed E-state index contributed by atoms with van der Waals surface area (Å²) in [5.74, 6) is 0.240. The number of nitro groups is 1. The summed E-state index contributed by atoms with van der Waals surface area (Å²) in [6.45, 7) is 0.146. The Hall–Kier alpha value is -3.89. The van der Waals surface area contributed by atoms with E-state index in [4.69, 9.17) is 16.0 Å². The van der Waals surface area contributed by atoms with E-state index >= 15 is 0 Å². The van der Waals surface area contributed by atoms with E-state index in [1.54, 1.807) is 36.4 Å². The number of nitro benzene ring substituents is 1. The van der Waals surface area contributed by atoms with Gasteiger partial charge in [0.05, 0.1) is 28.9 Å². The highest BCUT2D eigenvalue weighted by atomic mass is 35.5. The summed E-state index contributed by atoms with van der Waals surface area (Å²) < 4.78 is 5.36. The Morgan fingerprint density at radius 1 is 1.21 bits per heavy atom.